The molecule has 1 aromatic rings. The molecule has 0 aliphatic carbocycles. The highest BCUT2D eigenvalue weighted by Gasteiger charge is 2.43. The minimum atomic E-state index is -4.57. The normalized spacial score (nSPS) is 17.5. The van der Waals surface area contributed by atoms with Crippen LogP contribution in [0.25, 0.3) is 0 Å². The Morgan fingerprint density at radius 3 is 2.82 bits per heavy atom. The van der Waals surface area contributed by atoms with Crippen molar-refractivity contribution in [2.24, 2.45) is 10.2 Å². The molecule has 1 aliphatic rings. The van der Waals surface area contributed by atoms with Crippen LogP contribution >= 0.6 is 11.8 Å². The van der Waals surface area contributed by atoms with Gasteiger partial charge in [-0.2, -0.15) is 22.7 Å². The second-order valence-corrected chi connectivity index (χ2v) is 4.99. The van der Waals surface area contributed by atoms with E-state index in [1.54, 1.807) is 0 Å². The molecule has 1 fully saturated rings. The molecule has 0 bridgehead atoms. The Morgan fingerprint density at radius 2 is 2.18 bits per heavy atom. The van der Waals surface area contributed by atoms with Gasteiger partial charge in [0.15, 0.2) is 5.17 Å². The Bertz CT molecular complexity index is 622. The zero-order valence-corrected chi connectivity index (χ0v) is 11.6. The molecule has 0 radical (unpaired) electrons. The highest BCUT2D eigenvalue weighted by atomic mass is 32.2. The SMILES string of the molecule is O=C1CSC(=NN=Cc2cccc(OC(F)(F)C(F)F)c2)N1. The van der Waals surface area contributed by atoms with Gasteiger partial charge in [0.1, 0.15) is 5.75 Å². The summed E-state index contributed by atoms with van der Waals surface area (Å²) in [6, 6.07) is 5.07. The number of benzene rings is 1. The zero-order chi connectivity index (χ0) is 16.2. The molecule has 0 atom stereocenters. The van der Waals surface area contributed by atoms with E-state index in [1.165, 1.54) is 30.1 Å². The van der Waals surface area contributed by atoms with Crippen LogP contribution in [0.1, 0.15) is 5.56 Å². The largest absolute Gasteiger partial charge is 0.461 e. The Kier molecular flexibility index (Phi) is 5.01. The van der Waals surface area contributed by atoms with Crippen LogP contribution in [-0.4, -0.2) is 35.6 Å². The van der Waals surface area contributed by atoms with Crippen molar-refractivity contribution in [3.63, 3.8) is 0 Å². The summed E-state index contributed by atoms with van der Waals surface area (Å²) < 4.78 is 53.6. The van der Waals surface area contributed by atoms with Gasteiger partial charge in [-0.15, -0.1) is 5.10 Å². The molecule has 5 nitrogen and oxygen atoms in total. The van der Waals surface area contributed by atoms with Crippen molar-refractivity contribution in [1.82, 2.24) is 5.32 Å². The Morgan fingerprint density at radius 1 is 1.41 bits per heavy atom. The summed E-state index contributed by atoms with van der Waals surface area (Å²) in [5.41, 5.74) is 0.321. The van der Waals surface area contributed by atoms with Gasteiger partial charge in [-0.05, 0) is 17.7 Å². The number of carbonyl (C=O) groups excluding carboxylic acids is 1. The molecule has 1 saturated heterocycles. The number of halogens is 4. The minimum Gasteiger partial charge on any atom is -0.428 e. The van der Waals surface area contributed by atoms with Crippen LogP contribution < -0.4 is 10.1 Å². The molecular formula is C12H9F4N3O2S. The van der Waals surface area contributed by atoms with Gasteiger partial charge in [-0.25, -0.2) is 0 Å². The van der Waals surface area contributed by atoms with E-state index in [9.17, 15) is 22.4 Å². The highest BCUT2D eigenvalue weighted by molar-refractivity contribution is 8.15. The second kappa shape index (κ2) is 6.77. The van der Waals surface area contributed by atoms with Crippen LogP contribution in [0, 0.1) is 0 Å². The summed E-state index contributed by atoms with van der Waals surface area (Å²) in [5, 5.41) is 10.1. The lowest BCUT2D eigenvalue weighted by atomic mass is 10.2. The lowest BCUT2D eigenvalue weighted by Gasteiger charge is -2.16. The van der Waals surface area contributed by atoms with Crippen LogP contribution in [0.5, 0.6) is 5.75 Å². The molecule has 1 aliphatic heterocycles. The first kappa shape index (κ1) is 16.3. The van der Waals surface area contributed by atoms with Crippen LogP contribution in [0.4, 0.5) is 17.6 Å². The third-order valence-electron chi connectivity index (χ3n) is 2.31. The standard InChI is InChI=1S/C12H9F4N3O2S/c13-10(14)12(15,16)21-8-3-1-2-7(4-8)5-17-19-11-18-9(20)6-22-11/h1-5,10H,6H2,(H,18,19,20). The average Bonchev–Trinajstić information content (AvgIpc) is 2.84. The summed E-state index contributed by atoms with van der Waals surface area (Å²) in [6.07, 6.45) is -7.29. The van der Waals surface area contributed by atoms with Crippen LogP contribution in [0.15, 0.2) is 34.5 Å². The number of carbonyl (C=O) groups is 1. The van der Waals surface area contributed by atoms with Crippen molar-refractivity contribution >= 4 is 29.1 Å². The monoisotopic (exact) mass is 335 g/mol. The van der Waals surface area contributed by atoms with Crippen LogP contribution in [0.3, 0.4) is 0 Å². The number of amidine groups is 1. The molecule has 22 heavy (non-hydrogen) atoms. The summed E-state index contributed by atoms with van der Waals surface area (Å²) in [5.74, 6) is -0.366. The first-order chi connectivity index (χ1) is 10.4. The van der Waals surface area contributed by atoms with Gasteiger partial charge in [0.2, 0.25) is 5.91 Å². The molecule has 1 N–H and O–H groups in total. The number of rotatable bonds is 5. The molecule has 1 heterocycles. The fourth-order valence-corrected chi connectivity index (χ4v) is 2.02. The number of nitrogens with one attached hydrogen (secondary N) is 1. The molecule has 0 spiro atoms. The van der Waals surface area contributed by atoms with Gasteiger partial charge in [0, 0.05) is 0 Å². The van der Waals surface area contributed by atoms with E-state index in [4.69, 9.17) is 0 Å². The molecule has 0 unspecified atom stereocenters. The molecule has 0 aromatic heterocycles. The zero-order valence-electron chi connectivity index (χ0n) is 10.8. The quantitative estimate of drug-likeness (QED) is 0.511. The summed E-state index contributed by atoms with van der Waals surface area (Å²) >= 11 is 1.17. The molecule has 10 heteroatoms. The van der Waals surface area contributed by atoms with Crippen molar-refractivity contribution in [3.05, 3.63) is 29.8 Å². The van der Waals surface area contributed by atoms with Crippen LogP contribution in [-0.2, 0) is 4.79 Å². The van der Waals surface area contributed by atoms with Gasteiger partial charge in [-0.1, -0.05) is 23.9 Å². The Labute approximate surface area is 126 Å². The van der Waals surface area contributed by atoms with Crippen LogP contribution in [0.2, 0.25) is 0 Å². The fraction of sp³-hybridized carbons (Fsp3) is 0.250. The molecule has 0 saturated carbocycles. The second-order valence-electron chi connectivity index (χ2n) is 4.02. The third kappa shape index (κ3) is 4.45. The van der Waals surface area contributed by atoms with E-state index in [0.717, 1.165) is 12.1 Å². The van der Waals surface area contributed by atoms with E-state index in [0.29, 0.717) is 10.7 Å². The number of ether oxygens (including phenoxy) is 1. The minimum absolute atomic E-state index is 0.191. The first-order valence-corrected chi connectivity index (χ1v) is 6.84. The molecule has 1 amide bonds. The maximum absolute atomic E-state index is 12.8. The number of nitrogens with zero attached hydrogens (tertiary/aromatic N) is 2. The maximum atomic E-state index is 12.8. The molecule has 2 rings (SSSR count). The predicted molar refractivity (Wildman–Crippen MR) is 73.7 cm³/mol. The van der Waals surface area contributed by atoms with E-state index in [2.05, 4.69) is 20.3 Å². The van der Waals surface area contributed by atoms with Gasteiger partial charge in [-0.3, -0.25) is 4.79 Å². The number of amides is 1. The summed E-state index contributed by atoms with van der Waals surface area (Å²) in [7, 11) is 0. The van der Waals surface area contributed by atoms with E-state index < -0.39 is 18.3 Å². The lowest BCUT2D eigenvalue weighted by Crippen LogP contribution is -2.33. The number of hydrogen-bond donors (Lipinski definition) is 1. The Hall–Kier alpha value is -2.10. The molecule has 118 valence electrons. The Balaban J connectivity index is 2.04. The van der Waals surface area contributed by atoms with Crippen molar-refractivity contribution in [2.75, 3.05) is 5.75 Å². The number of hydrogen-bond acceptors (Lipinski definition) is 5. The maximum Gasteiger partial charge on any atom is 0.461 e. The smallest absolute Gasteiger partial charge is 0.428 e. The van der Waals surface area contributed by atoms with E-state index >= 15 is 0 Å². The summed E-state index contributed by atoms with van der Waals surface area (Å²) in [6.45, 7) is 0. The number of thioether (sulfide) groups is 1. The summed E-state index contributed by atoms with van der Waals surface area (Å²) in [4.78, 5) is 10.9. The van der Waals surface area contributed by atoms with Crippen molar-refractivity contribution < 1.29 is 27.1 Å². The molecular weight excluding hydrogens is 326 g/mol. The average molecular weight is 335 g/mol. The lowest BCUT2D eigenvalue weighted by molar-refractivity contribution is -0.253. The van der Waals surface area contributed by atoms with Gasteiger partial charge < -0.3 is 10.1 Å². The van der Waals surface area contributed by atoms with Crippen molar-refractivity contribution in [2.45, 2.75) is 12.5 Å². The van der Waals surface area contributed by atoms with E-state index in [-0.39, 0.29) is 11.7 Å². The third-order valence-corrected chi connectivity index (χ3v) is 3.17. The van der Waals surface area contributed by atoms with E-state index in [1.807, 2.05) is 0 Å². The first-order valence-electron chi connectivity index (χ1n) is 5.85. The number of alkyl halides is 4. The van der Waals surface area contributed by atoms with Crippen molar-refractivity contribution in [1.29, 1.82) is 0 Å². The highest BCUT2D eigenvalue weighted by Crippen LogP contribution is 2.27. The topological polar surface area (TPSA) is 63.0 Å². The van der Waals surface area contributed by atoms with Gasteiger partial charge in [0.25, 0.3) is 0 Å². The van der Waals surface area contributed by atoms with Gasteiger partial charge in [0.05, 0.1) is 12.0 Å². The van der Waals surface area contributed by atoms with Crippen molar-refractivity contribution in [3.8, 4) is 5.75 Å². The van der Waals surface area contributed by atoms with Gasteiger partial charge >= 0.3 is 12.5 Å². The fourth-order valence-electron chi connectivity index (χ4n) is 1.39. The predicted octanol–water partition coefficient (Wildman–Crippen LogP) is 2.48. The molecule has 1 aromatic carbocycles.